The summed E-state index contributed by atoms with van der Waals surface area (Å²) in [5.74, 6) is 1.40. The summed E-state index contributed by atoms with van der Waals surface area (Å²) in [6.45, 7) is 0. The number of nitrogens with zero attached hydrogens (tertiary/aromatic N) is 7. The third kappa shape index (κ3) is 3.19. The van der Waals surface area contributed by atoms with Crippen molar-refractivity contribution in [2.24, 2.45) is 15.4 Å². The summed E-state index contributed by atoms with van der Waals surface area (Å²) >= 11 is 6.25. The maximum absolute atomic E-state index is 6.25. The topological polar surface area (TPSA) is 81.4 Å². The molecule has 1 fully saturated rings. The molecule has 1 aliphatic carbocycles. The van der Waals surface area contributed by atoms with Gasteiger partial charge < -0.3 is 4.90 Å². The summed E-state index contributed by atoms with van der Waals surface area (Å²) in [4.78, 5) is 16.1. The standard InChI is InChI=1S/C22H19ClN8/c1-30(21-17-8-7-15(23)10-20(17)31-22(26-21)27-28-29-31)16-4-2-3-14(9-16)19-12-24-18(11-25-19)13-5-6-13/h2-4,7-13,22H,5-6H2,1H3,(H,27,29). The summed E-state index contributed by atoms with van der Waals surface area (Å²) in [5.41, 5.74) is 8.67. The Morgan fingerprint density at radius 3 is 2.81 bits per heavy atom. The Hall–Kier alpha value is -3.52. The van der Waals surface area contributed by atoms with Gasteiger partial charge in [0.15, 0.2) is 0 Å². The fourth-order valence-corrected chi connectivity index (χ4v) is 4.07. The van der Waals surface area contributed by atoms with Gasteiger partial charge >= 0.3 is 0 Å². The van der Waals surface area contributed by atoms with Gasteiger partial charge in [0, 0.05) is 41.0 Å². The number of rotatable bonds is 3. The summed E-state index contributed by atoms with van der Waals surface area (Å²) in [6.07, 6.45) is 5.81. The molecule has 3 aromatic rings. The molecule has 6 rings (SSSR count). The van der Waals surface area contributed by atoms with E-state index >= 15 is 0 Å². The number of benzene rings is 2. The predicted octanol–water partition coefficient (Wildman–Crippen LogP) is 4.55. The average Bonchev–Trinajstić information content (AvgIpc) is 3.55. The van der Waals surface area contributed by atoms with Crippen molar-refractivity contribution in [2.75, 3.05) is 17.0 Å². The second-order valence-electron chi connectivity index (χ2n) is 7.86. The zero-order valence-electron chi connectivity index (χ0n) is 16.8. The van der Waals surface area contributed by atoms with E-state index in [0.717, 1.165) is 39.7 Å². The molecule has 3 aliphatic rings. The van der Waals surface area contributed by atoms with E-state index in [1.807, 2.05) is 49.8 Å². The van der Waals surface area contributed by atoms with Crippen molar-refractivity contribution in [1.82, 2.24) is 15.4 Å². The van der Waals surface area contributed by atoms with Crippen molar-refractivity contribution < 1.29 is 0 Å². The molecule has 2 aromatic carbocycles. The summed E-state index contributed by atoms with van der Waals surface area (Å²) < 4.78 is 0. The average molecular weight is 431 g/mol. The normalized spacial score (nSPS) is 18.8. The molecule has 9 heteroatoms. The number of aliphatic imine (C=N–C) groups is 1. The molecule has 31 heavy (non-hydrogen) atoms. The van der Waals surface area contributed by atoms with Crippen molar-refractivity contribution >= 4 is 28.8 Å². The molecule has 0 radical (unpaired) electrons. The lowest BCUT2D eigenvalue weighted by Gasteiger charge is -2.31. The summed E-state index contributed by atoms with van der Waals surface area (Å²) in [6, 6.07) is 13.9. The van der Waals surface area contributed by atoms with Crippen LogP contribution in [0.3, 0.4) is 0 Å². The first-order chi connectivity index (χ1) is 15.2. The molecule has 8 nitrogen and oxygen atoms in total. The Kier molecular flexibility index (Phi) is 4.14. The van der Waals surface area contributed by atoms with Crippen LogP contribution in [-0.4, -0.2) is 29.1 Å². The third-order valence-electron chi connectivity index (χ3n) is 5.75. The Bertz CT molecular complexity index is 1220. The highest BCUT2D eigenvalue weighted by Gasteiger charge is 2.33. The minimum Gasteiger partial charge on any atom is -0.329 e. The lowest BCUT2D eigenvalue weighted by molar-refractivity contribution is 0.595. The third-order valence-corrected chi connectivity index (χ3v) is 5.99. The van der Waals surface area contributed by atoms with Crippen LogP contribution in [0, 0.1) is 0 Å². The van der Waals surface area contributed by atoms with E-state index in [4.69, 9.17) is 16.6 Å². The van der Waals surface area contributed by atoms with Gasteiger partial charge in [0.05, 0.1) is 23.3 Å². The number of aromatic nitrogens is 2. The fraction of sp³-hybridized carbons (Fsp3) is 0.227. The van der Waals surface area contributed by atoms with Crippen molar-refractivity contribution in [1.29, 1.82) is 0 Å². The van der Waals surface area contributed by atoms with Crippen molar-refractivity contribution in [3.05, 3.63) is 71.1 Å². The van der Waals surface area contributed by atoms with Crippen molar-refractivity contribution in [3.8, 4) is 11.3 Å². The van der Waals surface area contributed by atoms with Crippen molar-refractivity contribution in [3.63, 3.8) is 0 Å². The molecule has 0 amide bonds. The number of halogens is 1. The van der Waals surface area contributed by atoms with E-state index in [0.29, 0.717) is 10.9 Å². The lowest BCUT2D eigenvalue weighted by Crippen LogP contribution is -2.42. The summed E-state index contributed by atoms with van der Waals surface area (Å²) in [7, 11) is 2.00. The van der Waals surface area contributed by atoms with Gasteiger partial charge in [-0.2, -0.15) is 5.01 Å². The molecule has 1 unspecified atom stereocenters. The largest absolute Gasteiger partial charge is 0.329 e. The monoisotopic (exact) mass is 430 g/mol. The van der Waals surface area contributed by atoms with E-state index in [9.17, 15) is 0 Å². The van der Waals surface area contributed by atoms with Gasteiger partial charge in [0.1, 0.15) is 5.84 Å². The minimum absolute atomic E-state index is 0.396. The smallest absolute Gasteiger partial charge is 0.236 e. The van der Waals surface area contributed by atoms with Crippen LogP contribution in [0.2, 0.25) is 5.02 Å². The van der Waals surface area contributed by atoms with E-state index in [1.165, 1.54) is 12.8 Å². The number of amidine groups is 1. The highest BCUT2D eigenvalue weighted by atomic mass is 35.5. The maximum atomic E-state index is 6.25. The zero-order valence-corrected chi connectivity index (χ0v) is 17.5. The first-order valence-corrected chi connectivity index (χ1v) is 10.5. The van der Waals surface area contributed by atoms with Crippen LogP contribution in [0.1, 0.15) is 30.0 Å². The van der Waals surface area contributed by atoms with Crippen LogP contribution in [0.4, 0.5) is 11.4 Å². The second-order valence-corrected chi connectivity index (χ2v) is 8.30. The van der Waals surface area contributed by atoms with Crippen molar-refractivity contribution in [2.45, 2.75) is 25.0 Å². The van der Waals surface area contributed by atoms with Crippen LogP contribution in [0.5, 0.6) is 0 Å². The fourth-order valence-electron chi connectivity index (χ4n) is 3.90. The molecule has 1 atom stereocenters. The van der Waals surface area contributed by atoms with Gasteiger partial charge in [-0.1, -0.05) is 29.0 Å². The Morgan fingerprint density at radius 1 is 1.10 bits per heavy atom. The van der Waals surface area contributed by atoms with E-state index in [2.05, 4.69) is 42.9 Å². The molecule has 1 N–H and O–H groups in total. The number of anilines is 2. The first kappa shape index (κ1) is 18.3. The van der Waals surface area contributed by atoms with Gasteiger partial charge in [0.25, 0.3) is 0 Å². The first-order valence-electron chi connectivity index (χ1n) is 10.2. The zero-order chi connectivity index (χ0) is 20.9. The predicted molar refractivity (Wildman–Crippen MR) is 120 cm³/mol. The van der Waals surface area contributed by atoms with Gasteiger partial charge in [-0.3, -0.25) is 9.97 Å². The number of hydrogen-bond donors (Lipinski definition) is 1. The molecule has 1 aromatic heterocycles. The van der Waals surface area contributed by atoms with E-state index < -0.39 is 6.29 Å². The number of fused-ring (bicyclic) bond motifs is 3. The van der Waals surface area contributed by atoms with Gasteiger partial charge in [-0.05, 0) is 48.4 Å². The van der Waals surface area contributed by atoms with Crippen LogP contribution in [-0.2, 0) is 0 Å². The van der Waals surface area contributed by atoms with E-state index in [1.54, 1.807) is 5.01 Å². The Morgan fingerprint density at radius 2 is 2.00 bits per heavy atom. The van der Waals surface area contributed by atoms with Crippen LogP contribution >= 0.6 is 11.6 Å². The Balaban J connectivity index is 1.35. The number of hydrogen-bond acceptors (Lipinski definition) is 8. The molecular formula is C22H19ClN8. The molecule has 3 heterocycles. The SMILES string of the molecule is CN(C1=NC2NN=NN2c2cc(Cl)ccc21)c1cccc(-c2cnc(C3CC3)cn2)c1. The molecule has 154 valence electrons. The van der Waals surface area contributed by atoms with E-state index in [-0.39, 0.29) is 0 Å². The molecule has 2 aliphatic heterocycles. The highest BCUT2D eigenvalue weighted by Crippen LogP contribution is 2.39. The van der Waals surface area contributed by atoms with Crippen LogP contribution < -0.4 is 15.3 Å². The maximum Gasteiger partial charge on any atom is 0.236 e. The Labute approximate surface area is 184 Å². The van der Waals surface area contributed by atoms with Crippen LogP contribution in [0.25, 0.3) is 11.3 Å². The molecule has 1 saturated carbocycles. The van der Waals surface area contributed by atoms with Crippen LogP contribution in [0.15, 0.2) is 70.3 Å². The van der Waals surface area contributed by atoms with Gasteiger partial charge in [0.2, 0.25) is 6.29 Å². The van der Waals surface area contributed by atoms with Gasteiger partial charge in [-0.25, -0.2) is 10.4 Å². The molecular weight excluding hydrogens is 412 g/mol. The summed E-state index contributed by atoms with van der Waals surface area (Å²) in [5, 5.41) is 10.4. The van der Waals surface area contributed by atoms with Gasteiger partial charge in [-0.15, -0.1) is 0 Å². The quantitative estimate of drug-likeness (QED) is 0.659. The lowest BCUT2D eigenvalue weighted by atomic mass is 10.1. The highest BCUT2D eigenvalue weighted by molar-refractivity contribution is 6.31. The minimum atomic E-state index is -0.396. The number of nitrogens with one attached hydrogen (secondary N) is 1. The second kappa shape index (κ2) is 7.02. The molecule has 0 saturated heterocycles. The molecule has 0 bridgehead atoms. The molecule has 0 spiro atoms.